The van der Waals surface area contributed by atoms with Crippen LogP contribution in [0.25, 0.3) is 0 Å². The van der Waals surface area contributed by atoms with Crippen molar-refractivity contribution in [3.8, 4) is 0 Å². The number of amides is 1. The summed E-state index contributed by atoms with van der Waals surface area (Å²) in [7, 11) is 1.47. The van der Waals surface area contributed by atoms with Crippen molar-refractivity contribution in [3.63, 3.8) is 0 Å². The van der Waals surface area contributed by atoms with Gasteiger partial charge in [-0.3, -0.25) is 4.79 Å². The third kappa shape index (κ3) is 4.14. The first-order valence-corrected chi connectivity index (χ1v) is 7.02. The molecule has 6 nitrogen and oxygen atoms in total. The van der Waals surface area contributed by atoms with E-state index in [1.54, 1.807) is 0 Å². The molecule has 0 aromatic heterocycles. The maximum Gasteiger partial charge on any atom is 0.246 e. The van der Waals surface area contributed by atoms with E-state index in [2.05, 4.69) is 10.6 Å². The van der Waals surface area contributed by atoms with Crippen molar-refractivity contribution in [2.45, 2.75) is 50.0 Å². The van der Waals surface area contributed by atoms with Crippen LogP contribution in [0.4, 0.5) is 0 Å². The molecule has 0 spiro atoms. The van der Waals surface area contributed by atoms with Crippen LogP contribution in [0.1, 0.15) is 25.7 Å². The lowest BCUT2D eigenvalue weighted by Crippen LogP contribution is -2.47. The maximum atomic E-state index is 11.3. The number of aliphatic hydroxyl groups excluding tert-OH is 1. The number of carbonyl (C=O) groups excluding carboxylic acids is 1. The van der Waals surface area contributed by atoms with E-state index in [-0.39, 0.29) is 24.7 Å². The van der Waals surface area contributed by atoms with Crippen LogP contribution in [0.2, 0.25) is 0 Å². The Kier molecular flexibility index (Phi) is 5.57. The van der Waals surface area contributed by atoms with Crippen LogP contribution in [0.5, 0.6) is 0 Å². The molecule has 1 aliphatic heterocycles. The van der Waals surface area contributed by atoms with Gasteiger partial charge in [0.2, 0.25) is 5.91 Å². The molecule has 3 N–H and O–H groups in total. The molecule has 0 radical (unpaired) electrons. The Morgan fingerprint density at radius 2 is 2.16 bits per heavy atom. The molecule has 0 unspecified atom stereocenters. The van der Waals surface area contributed by atoms with Crippen molar-refractivity contribution < 1.29 is 19.4 Å². The van der Waals surface area contributed by atoms with E-state index in [0.717, 1.165) is 0 Å². The molecule has 1 amide bonds. The normalized spacial score (nSPS) is 31.8. The summed E-state index contributed by atoms with van der Waals surface area (Å²) in [5.41, 5.74) is 0. The summed E-state index contributed by atoms with van der Waals surface area (Å²) >= 11 is 0. The number of hydrogen-bond donors (Lipinski definition) is 3. The van der Waals surface area contributed by atoms with E-state index < -0.39 is 6.10 Å². The summed E-state index contributed by atoms with van der Waals surface area (Å²) in [5.74, 6) is -0.189. The Balaban J connectivity index is 1.70. The molecule has 2 fully saturated rings. The largest absolute Gasteiger partial charge is 0.389 e. The highest BCUT2D eigenvalue weighted by Crippen LogP contribution is 2.21. The summed E-state index contributed by atoms with van der Waals surface area (Å²) in [4.78, 5) is 11.3. The number of carbonyl (C=O) groups is 1. The Bertz CT molecular complexity index is 294. The standard InChI is InChI=1S/C13H24N2O4/c1-18-8-12(16)14-6-11-13(17)10(7-19-11)15-9-4-2-3-5-9/h9-11,13,15,17H,2-8H2,1H3,(H,14,16)/t10-,11-,13+/m1/s1. The van der Waals surface area contributed by atoms with Gasteiger partial charge in [-0.25, -0.2) is 0 Å². The number of rotatable bonds is 6. The summed E-state index contributed by atoms with van der Waals surface area (Å²) in [5, 5.41) is 16.3. The number of aliphatic hydroxyl groups is 1. The van der Waals surface area contributed by atoms with Crippen molar-refractivity contribution in [2.24, 2.45) is 0 Å². The van der Waals surface area contributed by atoms with E-state index in [4.69, 9.17) is 9.47 Å². The number of hydrogen-bond acceptors (Lipinski definition) is 5. The smallest absolute Gasteiger partial charge is 0.246 e. The second-order valence-electron chi connectivity index (χ2n) is 5.35. The minimum atomic E-state index is -0.566. The molecule has 1 heterocycles. The zero-order valence-corrected chi connectivity index (χ0v) is 11.4. The lowest BCUT2D eigenvalue weighted by Gasteiger charge is -2.22. The second kappa shape index (κ2) is 7.19. The zero-order chi connectivity index (χ0) is 13.7. The fourth-order valence-electron chi connectivity index (χ4n) is 2.80. The van der Waals surface area contributed by atoms with Gasteiger partial charge in [-0.15, -0.1) is 0 Å². The summed E-state index contributed by atoms with van der Waals surface area (Å²) in [6, 6.07) is 0.484. The average Bonchev–Trinajstić information content (AvgIpc) is 3.00. The minimum absolute atomic E-state index is 0.0209. The highest BCUT2D eigenvalue weighted by atomic mass is 16.5. The van der Waals surface area contributed by atoms with E-state index in [1.807, 2.05) is 0 Å². The van der Waals surface area contributed by atoms with Crippen LogP contribution >= 0.6 is 0 Å². The van der Waals surface area contributed by atoms with Crippen LogP contribution < -0.4 is 10.6 Å². The molecule has 0 aromatic carbocycles. The Labute approximate surface area is 113 Å². The van der Waals surface area contributed by atoms with Crippen molar-refractivity contribution in [1.82, 2.24) is 10.6 Å². The van der Waals surface area contributed by atoms with E-state index in [0.29, 0.717) is 19.2 Å². The molecule has 110 valence electrons. The molecule has 3 atom stereocenters. The highest BCUT2D eigenvalue weighted by molar-refractivity contribution is 5.77. The third-order valence-corrected chi connectivity index (χ3v) is 3.86. The van der Waals surface area contributed by atoms with Gasteiger partial charge in [0.15, 0.2) is 0 Å². The first kappa shape index (κ1) is 14.7. The van der Waals surface area contributed by atoms with Gasteiger partial charge in [0, 0.05) is 19.7 Å². The minimum Gasteiger partial charge on any atom is -0.389 e. The molecular formula is C13H24N2O4. The number of methoxy groups -OCH3 is 1. The molecule has 1 saturated carbocycles. The second-order valence-corrected chi connectivity index (χ2v) is 5.35. The van der Waals surface area contributed by atoms with Gasteiger partial charge in [0.05, 0.1) is 18.8 Å². The van der Waals surface area contributed by atoms with Crippen molar-refractivity contribution in [1.29, 1.82) is 0 Å². The van der Waals surface area contributed by atoms with E-state index >= 15 is 0 Å². The Hall–Kier alpha value is -0.690. The average molecular weight is 272 g/mol. The molecule has 1 aliphatic carbocycles. The highest BCUT2D eigenvalue weighted by Gasteiger charge is 2.37. The van der Waals surface area contributed by atoms with E-state index in [9.17, 15) is 9.90 Å². The Morgan fingerprint density at radius 3 is 2.84 bits per heavy atom. The monoisotopic (exact) mass is 272 g/mol. The maximum absolute atomic E-state index is 11.3. The van der Waals surface area contributed by atoms with Gasteiger partial charge < -0.3 is 25.2 Å². The molecule has 19 heavy (non-hydrogen) atoms. The van der Waals surface area contributed by atoms with Crippen LogP contribution in [0, 0.1) is 0 Å². The summed E-state index contributed by atoms with van der Waals surface area (Å²) in [6.45, 7) is 0.862. The molecule has 1 saturated heterocycles. The van der Waals surface area contributed by atoms with Gasteiger partial charge in [-0.2, -0.15) is 0 Å². The van der Waals surface area contributed by atoms with Gasteiger partial charge in [0.1, 0.15) is 12.7 Å². The molecule has 0 bridgehead atoms. The fraction of sp³-hybridized carbons (Fsp3) is 0.923. The van der Waals surface area contributed by atoms with Crippen LogP contribution in [0.3, 0.4) is 0 Å². The van der Waals surface area contributed by atoms with Crippen LogP contribution in [-0.4, -0.2) is 62.2 Å². The first-order valence-electron chi connectivity index (χ1n) is 7.02. The van der Waals surface area contributed by atoms with Gasteiger partial charge >= 0.3 is 0 Å². The number of nitrogens with one attached hydrogen (secondary N) is 2. The molecule has 2 rings (SSSR count). The van der Waals surface area contributed by atoms with Crippen molar-refractivity contribution >= 4 is 5.91 Å². The topological polar surface area (TPSA) is 79.8 Å². The summed E-state index contributed by atoms with van der Waals surface area (Å²) in [6.07, 6.45) is 3.98. The molecule has 2 aliphatic rings. The lowest BCUT2D eigenvalue weighted by atomic mass is 10.1. The van der Waals surface area contributed by atoms with Gasteiger partial charge in [-0.1, -0.05) is 12.8 Å². The zero-order valence-electron chi connectivity index (χ0n) is 11.4. The van der Waals surface area contributed by atoms with Crippen molar-refractivity contribution in [3.05, 3.63) is 0 Å². The number of ether oxygens (including phenoxy) is 2. The quantitative estimate of drug-likeness (QED) is 0.602. The van der Waals surface area contributed by atoms with Crippen LogP contribution in [-0.2, 0) is 14.3 Å². The summed E-state index contributed by atoms with van der Waals surface area (Å²) < 4.78 is 10.3. The van der Waals surface area contributed by atoms with Gasteiger partial charge in [0.25, 0.3) is 0 Å². The molecule has 6 heteroatoms. The molecular weight excluding hydrogens is 248 g/mol. The predicted molar refractivity (Wildman–Crippen MR) is 69.8 cm³/mol. The molecule has 0 aromatic rings. The predicted octanol–water partition coefficient (Wildman–Crippen LogP) is -0.590. The fourth-order valence-corrected chi connectivity index (χ4v) is 2.80. The van der Waals surface area contributed by atoms with E-state index in [1.165, 1.54) is 32.8 Å². The first-order chi connectivity index (χ1) is 9.20. The van der Waals surface area contributed by atoms with Crippen molar-refractivity contribution in [2.75, 3.05) is 26.9 Å². The SMILES string of the molecule is COCC(=O)NC[C@H]1OC[C@@H](NC2CCCC2)[C@@H]1O. The van der Waals surface area contributed by atoms with Gasteiger partial charge in [-0.05, 0) is 12.8 Å². The van der Waals surface area contributed by atoms with Crippen LogP contribution in [0.15, 0.2) is 0 Å². The third-order valence-electron chi connectivity index (χ3n) is 3.86. The Morgan fingerprint density at radius 1 is 1.42 bits per heavy atom. The lowest BCUT2D eigenvalue weighted by molar-refractivity contribution is -0.125.